The molecule has 122 valence electrons. The molecule has 0 aliphatic rings. The Morgan fingerprint density at radius 2 is 1.88 bits per heavy atom. The lowest BCUT2D eigenvalue weighted by molar-refractivity contribution is 0.0467. The van der Waals surface area contributed by atoms with E-state index in [9.17, 15) is 4.79 Å². The van der Waals surface area contributed by atoms with Gasteiger partial charge < -0.3 is 10.1 Å². The van der Waals surface area contributed by atoms with E-state index in [-0.39, 0.29) is 6.61 Å². The first kappa shape index (κ1) is 16.5. The minimum Gasteiger partial charge on any atom is -0.456 e. The van der Waals surface area contributed by atoms with Gasteiger partial charge in [0.25, 0.3) is 0 Å². The monoisotopic (exact) mass is 358 g/mol. The van der Waals surface area contributed by atoms with Crippen LogP contribution in [0.5, 0.6) is 0 Å². The van der Waals surface area contributed by atoms with Crippen LogP contribution in [0.25, 0.3) is 0 Å². The molecular weight excluding hydrogens is 344 g/mol. The molecule has 3 rings (SSSR count). The lowest BCUT2D eigenvalue weighted by atomic mass is 10.2. The summed E-state index contributed by atoms with van der Waals surface area (Å²) in [5.41, 5.74) is 2.21. The fraction of sp³-hybridized carbons (Fsp3) is 0.111. The maximum Gasteiger partial charge on any atom is 0.358 e. The van der Waals surface area contributed by atoms with Gasteiger partial charge in [-0.3, -0.25) is 0 Å². The van der Waals surface area contributed by atoms with Crippen molar-refractivity contribution < 1.29 is 9.53 Å². The zero-order valence-electron chi connectivity index (χ0n) is 12.7. The number of carbonyl (C=O) groups excluding carboxylic acids is 1. The normalized spacial score (nSPS) is 10.4. The third kappa shape index (κ3) is 4.34. The summed E-state index contributed by atoms with van der Waals surface area (Å²) in [6.45, 7) is 0.783. The molecule has 24 heavy (non-hydrogen) atoms. The number of esters is 1. The van der Waals surface area contributed by atoms with Crippen LogP contribution in [0.2, 0.25) is 5.02 Å². The smallest absolute Gasteiger partial charge is 0.358 e. The number of anilines is 1. The topological polar surface area (TPSA) is 51.2 Å². The first-order chi connectivity index (χ1) is 11.7. The molecule has 0 bridgehead atoms. The number of ether oxygens (including phenoxy) is 1. The van der Waals surface area contributed by atoms with Crippen LogP contribution in [0.4, 0.5) is 5.13 Å². The number of nitrogens with zero attached hydrogens (tertiary/aromatic N) is 1. The molecule has 4 nitrogen and oxygen atoms in total. The highest BCUT2D eigenvalue weighted by Crippen LogP contribution is 2.19. The third-order valence-electron chi connectivity index (χ3n) is 3.32. The Morgan fingerprint density at radius 3 is 2.67 bits per heavy atom. The molecule has 1 aromatic heterocycles. The van der Waals surface area contributed by atoms with E-state index in [4.69, 9.17) is 16.3 Å². The van der Waals surface area contributed by atoms with Gasteiger partial charge in [-0.2, -0.15) is 0 Å². The van der Waals surface area contributed by atoms with Crippen LogP contribution < -0.4 is 5.32 Å². The maximum atomic E-state index is 12.1. The summed E-state index contributed by atoms with van der Waals surface area (Å²) in [6, 6.07) is 17.3. The number of nitrogens with one attached hydrogen (secondary N) is 1. The molecule has 0 atom stereocenters. The van der Waals surface area contributed by atoms with Gasteiger partial charge in [0.05, 0.1) is 0 Å². The summed E-state index contributed by atoms with van der Waals surface area (Å²) in [7, 11) is 0. The van der Waals surface area contributed by atoms with E-state index in [0.717, 1.165) is 11.1 Å². The Kier molecular flexibility index (Phi) is 5.46. The predicted octanol–water partition coefficient (Wildman–Crippen LogP) is 4.77. The van der Waals surface area contributed by atoms with E-state index in [0.29, 0.717) is 22.4 Å². The maximum absolute atomic E-state index is 12.1. The summed E-state index contributed by atoms with van der Waals surface area (Å²) in [5, 5.41) is 6.14. The van der Waals surface area contributed by atoms with Gasteiger partial charge in [-0.15, -0.1) is 11.3 Å². The highest BCUT2D eigenvalue weighted by atomic mass is 35.5. The molecule has 1 heterocycles. The molecule has 0 radical (unpaired) electrons. The SMILES string of the molecule is O=C(OCc1ccccc1Cl)c1csc(NCc2ccccc2)n1. The van der Waals surface area contributed by atoms with Gasteiger partial charge in [0.2, 0.25) is 0 Å². The third-order valence-corrected chi connectivity index (χ3v) is 4.49. The average molecular weight is 359 g/mol. The predicted molar refractivity (Wildman–Crippen MR) is 96.5 cm³/mol. The molecule has 0 aliphatic carbocycles. The van der Waals surface area contributed by atoms with Crippen molar-refractivity contribution >= 4 is 34.0 Å². The van der Waals surface area contributed by atoms with Crippen LogP contribution >= 0.6 is 22.9 Å². The van der Waals surface area contributed by atoms with Crippen molar-refractivity contribution in [3.8, 4) is 0 Å². The molecule has 0 saturated carbocycles. The van der Waals surface area contributed by atoms with Crippen LogP contribution in [-0.4, -0.2) is 11.0 Å². The molecule has 0 spiro atoms. The second-order valence-corrected chi connectivity index (χ2v) is 6.31. The number of halogens is 1. The van der Waals surface area contributed by atoms with E-state index in [1.54, 1.807) is 11.4 Å². The molecule has 2 aromatic carbocycles. The number of benzene rings is 2. The van der Waals surface area contributed by atoms with E-state index < -0.39 is 5.97 Å². The summed E-state index contributed by atoms with van der Waals surface area (Å²) < 4.78 is 5.26. The van der Waals surface area contributed by atoms with Crippen molar-refractivity contribution in [3.63, 3.8) is 0 Å². The zero-order chi connectivity index (χ0) is 16.8. The van der Waals surface area contributed by atoms with E-state index in [2.05, 4.69) is 10.3 Å². The van der Waals surface area contributed by atoms with Crippen molar-refractivity contribution in [2.24, 2.45) is 0 Å². The molecule has 0 aliphatic heterocycles. The molecule has 0 amide bonds. The largest absolute Gasteiger partial charge is 0.456 e. The van der Waals surface area contributed by atoms with Crippen molar-refractivity contribution in [2.45, 2.75) is 13.2 Å². The van der Waals surface area contributed by atoms with Crippen LogP contribution in [0.3, 0.4) is 0 Å². The van der Waals surface area contributed by atoms with Gasteiger partial charge in [-0.05, 0) is 11.6 Å². The second-order valence-electron chi connectivity index (χ2n) is 5.04. The summed E-state index contributed by atoms with van der Waals surface area (Å²) in [6.07, 6.45) is 0. The quantitative estimate of drug-likeness (QED) is 0.645. The van der Waals surface area contributed by atoms with Crippen molar-refractivity contribution in [2.75, 3.05) is 5.32 Å². The van der Waals surface area contributed by atoms with Crippen molar-refractivity contribution in [1.82, 2.24) is 4.98 Å². The first-order valence-electron chi connectivity index (χ1n) is 7.36. The average Bonchev–Trinajstić information content (AvgIpc) is 3.09. The molecule has 3 aromatic rings. The Bertz CT molecular complexity index is 821. The van der Waals surface area contributed by atoms with Crippen molar-refractivity contribution in [1.29, 1.82) is 0 Å². The summed E-state index contributed by atoms with van der Waals surface area (Å²) in [5.74, 6) is -0.459. The highest BCUT2D eigenvalue weighted by Gasteiger charge is 2.13. The van der Waals surface area contributed by atoms with E-state index in [1.807, 2.05) is 48.5 Å². The Balaban J connectivity index is 1.55. The van der Waals surface area contributed by atoms with E-state index >= 15 is 0 Å². The fourth-order valence-corrected chi connectivity index (χ4v) is 2.92. The fourth-order valence-electron chi connectivity index (χ4n) is 2.05. The minimum absolute atomic E-state index is 0.128. The molecule has 6 heteroatoms. The minimum atomic E-state index is -0.459. The number of thiazole rings is 1. The van der Waals surface area contributed by atoms with Crippen molar-refractivity contribution in [3.05, 3.63) is 81.8 Å². The van der Waals surface area contributed by atoms with E-state index in [1.165, 1.54) is 11.3 Å². The lowest BCUT2D eigenvalue weighted by Gasteiger charge is -2.05. The van der Waals surface area contributed by atoms with Crippen LogP contribution in [0, 0.1) is 0 Å². The van der Waals surface area contributed by atoms with Gasteiger partial charge in [-0.25, -0.2) is 9.78 Å². The number of carbonyl (C=O) groups is 1. The molecule has 0 unspecified atom stereocenters. The summed E-state index contributed by atoms with van der Waals surface area (Å²) >= 11 is 7.42. The Hall–Kier alpha value is -2.37. The second kappa shape index (κ2) is 7.95. The Labute approximate surface area is 149 Å². The molecule has 0 saturated heterocycles. The lowest BCUT2D eigenvalue weighted by Crippen LogP contribution is -2.06. The van der Waals surface area contributed by atoms with Crippen LogP contribution in [-0.2, 0) is 17.9 Å². The van der Waals surface area contributed by atoms with Gasteiger partial charge in [0.15, 0.2) is 10.8 Å². The highest BCUT2D eigenvalue weighted by molar-refractivity contribution is 7.13. The standard InChI is InChI=1S/C18H15ClN2O2S/c19-15-9-5-4-8-14(15)11-23-17(22)16-12-24-18(21-16)20-10-13-6-2-1-3-7-13/h1-9,12H,10-11H2,(H,20,21). The van der Waals surface area contributed by atoms with Crippen LogP contribution in [0.1, 0.15) is 21.6 Å². The number of hydrogen-bond donors (Lipinski definition) is 1. The Morgan fingerprint density at radius 1 is 1.12 bits per heavy atom. The van der Waals surface area contributed by atoms with Crippen LogP contribution in [0.15, 0.2) is 60.0 Å². The number of rotatable bonds is 6. The van der Waals surface area contributed by atoms with Gasteiger partial charge >= 0.3 is 5.97 Å². The number of hydrogen-bond acceptors (Lipinski definition) is 5. The zero-order valence-corrected chi connectivity index (χ0v) is 14.3. The molecule has 1 N–H and O–H groups in total. The first-order valence-corrected chi connectivity index (χ1v) is 8.62. The molecule has 0 fully saturated rings. The number of aromatic nitrogens is 1. The molecular formula is C18H15ClN2O2S. The van der Waals surface area contributed by atoms with Gasteiger partial charge in [0, 0.05) is 22.5 Å². The van der Waals surface area contributed by atoms with Gasteiger partial charge in [0.1, 0.15) is 6.61 Å². The summed E-state index contributed by atoms with van der Waals surface area (Å²) in [4.78, 5) is 16.3. The van der Waals surface area contributed by atoms with Gasteiger partial charge in [-0.1, -0.05) is 60.1 Å².